The van der Waals surface area contributed by atoms with Crippen molar-refractivity contribution in [2.45, 2.75) is 0 Å². The molecule has 0 saturated heterocycles. The molecule has 0 bridgehead atoms. The van der Waals surface area contributed by atoms with Gasteiger partial charge in [-0.05, 0) is 43.4 Å². The van der Waals surface area contributed by atoms with Crippen molar-refractivity contribution in [3.63, 3.8) is 0 Å². The van der Waals surface area contributed by atoms with E-state index in [2.05, 4.69) is 20.9 Å². The number of anilines is 2. The third-order valence-corrected chi connectivity index (χ3v) is 4.10. The molecule has 2 aromatic carbocycles. The number of hydrogen-bond donors (Lipinski definition) is 4. The first kappa shape index (κ1) is 20.9. The van der Waals surface area contributed by atoms with Gasteiger partial charge in [-0.25, -0.2) is 13.8 Å². The monoisotopic (exact) mass is 415 g/mol. The van der Waals surface area contributed by atoms with Crippen LogP contribution in [0.25, 0.3) is 11.5 Å². The van der Waals surface area contributed by atoms with Crippen molar-refractivity contribution in [3.05, 3.63) is 65.4 Å². The van der Waals surface area contributed by atoms with Crippen molar-refractivity contribution in [1.29, 1.82) is 0 Å². The molecule has 0 radical (unpaired) electrons. The number of hydrogen-bond acceptors (Lipinski definition) is 6. The van der Waals surface area contributed by atoms with Crippen LogP contribution in [-0.4, -0.2) is 36.9 Å². The summed E-state index contributed by atoms with van der Waals surface area (Å²) in [5.74, 6) is -3.58. The molecule has 0 fully saturated rings. The highest BCUT2D eigenvalue weighted by Gasteiger charge is 2.23. The minimum absolute atomic E-state index is 0.175. The van der Waals surface area contributed by atoms with Gasteiger partial charge in [0.15, 0.2) is 5.69 Å². The lowest BCUT2D eigenvalue weighted by Gasteiger charge is -2.07. The van der Waals surface area contributed by atoms with Crippen LogP contribution in [0.3, 0.4) is 0 Å². The Morgan fingerprint density at radius 3 is 2.33 bits per heavy atom. The average Bonchev–Trinajstić information content (AvgIpc) is 3.12. The number of nitrogens with one attached hydrogen (secondary N) is 3. The fraction of sp³-hybridized carbons (Fsp3) is 0.150. The maximum absolute atomic E-state index is 14.0. The van der Waals surface area contributed by atoms with Crippen LogP contribution in [-0.2, 0) is 0 Å². The second-order valence-electron chi connectivity index (χ2n) is 6.22. The third-order valence-electron chi connectivity index (χ3n) is 4.10. The van der Waals surface area contributed by atoms with Crippen LogP contribution in [0.15, 0.2) is 46.9 Å². The number of aromatic nitrogens is 1. The van der Waals surface area contributed by atoms with Crippen LogP contribution in [0.4, 0.5) is 20.4 Å². The Bertz CT molecular complexity index is 1050. The molecule has 2 amide bonds. The van der Waals surface area contributed by atoms with E-state index in [1.165, 1.54) is 6.07 Å². The quantitative estimate of drug-likeness (QED) is 0.419. The lowest BCUT2D eigenvalue weighted by molar-refractivity contribution is 0.0952. The Morgan fingerprint density at radius 1 is 1.07 bits per heavy atom. The molecule has 156 valence electrons. The number of nitrogens with zero attached hydrogens (tertiary/aromatic N) is 1. The molecule has 5 N–H and O–H groups in total. The maximum Gasteiger partial charge on any atom is 0.273 e. The van der Waals surface area contributed by atoms with Crippen molar-refractivity contribution < 1.29 is 22.8 Å². The zero-order valence-corrected chi connectivity index (χ0v) is 16.0. The number of rotatable bonds is 8. The molecule has 0 saturated carbocycles. The number of carbonyl (C=O) groups is 2. The highest BCUT2D eigenvalue weighted by molar-refractivity contribution is 5.97. The highest BCUT2D eigenvalue weighted by atomic mass is 19.1. The molecule has 0 spiro atoms. The van der Waals surface area contributed by atoms with Gasteiger partial charge in [-0.3, -0.25) is 9.59 Å². The van der Waals surface area contributed by atoms with E-state index in [0.717, 1.165) is 12.1 Å². The lowest BCUT2D eigenvalue weighted by Crippen LogP contribution is -2.30. The van der Waals surface area contributed by atoms with E-state index in [1.54, 1.807) is 31.3 Å². The minimum Gasteiger partial charge on any atom is -0.419 e. The zero-order chi connectivity index (χ0) is 21.7. The molecule has 1 aromatic heterocycles. The summed E-state index contributed by atoms with van der Waals surface area (Å²) in [6, 6.07) is 9.55. The fourth-order valence-electron chi connectivity index (χ4n) is 2.62. The standard InChI is InChI=1S/C20H19F2N5O3/c1-24-9-10-25-18(29)11-5-7-12(8-6-11)26-20-16(17(23)28)27-19(30-20)15-13(21)3-2-4-14(15)22/h2-8,24,26H,9-10H2,1H3,(H2,23,28)(H,25,29). The summed E-state index contributed by atoms with van der Waals surface area (Å²) in [5.41, 5.74) is 5.35. The highest BCUT2D eigenvalue weighted by Crippen LogP contribution is 2.31. The second kappa shape index (κ2) is 9.14. The number of primary amides is 1. The van der Waals surface area contributed by atoms with Gasteiger partial charge in [-0.1, -0.05) is 6.07 Å². The summed E-state index contributed by atoms with van der Waals surface area (Å²) in [6.45, 7) is 1.11. The van der Waals surface area contributed by atoms with Crippen molar-refractivity contribution >= 4 is 23.4 Å². The van der Waals surface area contributed by atoms with Crippen LogP contribution in [0.5, 0.6) is 0 Å². The average molecular weight is 415 g/mol. The van der Waals surface area contributed by atoms with E-state index in [-0.39, 0.29) is 17.5 Å². The summed E-state index contributed by atoms with van der Waals surface area (Å²) in [7, 11) is 1.78. The van der Waals surface area contributed by atoms with E-state index in [1.807, 2.05) is 0 Å². The summed E-state index contributed by atoms with van der Waals surface area (Å²) in [6.07, 6.45) is 0. The van der Waals surface area contributed by atoms with E-state index in [9.17, 15) is 18.4 Å². The molecular weight excluding hydrogens is 396 g/mol. The van der Waals surface area contributed by atoms with Gasteiger partial charge in [0.2, 0.25) is 11.8 Å². The molecule has 0 unspecified atom stereocenters. The summed E-state index contributed by atoms with van der Waals surface area (Å²) < 4.78 is 33.4. The molecule has 0 aliphatic heterocycles. The van der Waals surface area contributed by atoms with Gasteiger partial charge in [0.05, 0.1) is 0 Å². The van der Waals surface area contributed by atoms with Crippen LogP contribution >= 0.6 is 0 Å². The predicted octanol–water partition coefficient (Wildman–Crippen LogP) is 2.41. The first-order valence-electron chi connectivity index (χ1n) is 8.95. The summed E-state index contributed by atoms with van der Waals surface area (Å²) >= 11 is 0. The number of nitrogens with two attached hydrogens (primary N) is 1. The van der Waals surface area contributed by atoms with Crippen molar-refractivity contribution in [2.75, 3.05) is 25.5 Å². The Labute approximate surface area is 170 Å². The molecule has 0 atom stereocenters. The number of likely N-dealkylation sites (N-methyl/N-ethyl adjacent to an activating group) is 1. The molecule has 10 heteroatoms. The van der Waals surface area contributed by atoms with E-state index in [0.29, 0.717) is 24.3 Å². The smallest absolute Gasteiger partial charge is 0.273 e. The first-order chi connectivity index (χ1) is 14.4. The van der Waals surface area contributed by atoms with Crippen LogP contribution < -0.4 is 21.7 Å². The maximum atomic E-state index is 14.0. The van der Waals surface area contributed by atoms with E-state index >= 15 is 0 Å². The van der Waals surface area contributed by atoms with Gasteiger partial charge >= 0.3 is 0 Å². The lowest BCUT2D eigenvalue weighted by atomic mass is 10.2. The Balaban J connectivity index is 1.83. The molecular formula is C20H19F2N5O3. The minimum atomic E-state index is -0.940. The zero-order valence-electron chi connectivity index (χ0n) is 16.0. The van der Waals surface area contributed by atoms with Gasteiger partial charge < -0.3 is 26.1 Å². The summed E-state index contributed by atoms with van der Waals surface area (Å²) in [5, 5.41) is 8.45. The van der Waals surface area contributed by atoms with Crippen LogP contribution in [0.1, 0.15) is 20.8 Å². The van der Waals surface area contributed by atoms with Crippen LogP contribution in [0.2, 0.25) is 0 Å². The van der Waals surface area contributed by atoms with Crippen molar-refractivity contribution in [3.8, 4) is 11.5 Å². The molecule has 3 rings (SSSR count). The fourth-order valence-corrected chi connectivity index (χ4v) is 2.62. The predicted molar refractivity (Wildman–Crippen MR) is 106 cm³/mol. The van der Waals surface area contributed by atoms with Gasteiger partial charge in [0.1, 0.15) is 17.2 Å². The summed E-state index contributed by atoms with van der Waals surface area (Å²) in [4.78, 5) is 27.6. The van der Waals surface area contributed by atoms with Gasteiger partial charge in [-0.2, -0.15) is 0 Å². The number of benzene rings is 2. The number of amides is 2. The van der Waals surface area contributed by atoms with Crippen LogP contribution in [0, 0.1) is 11.6 Å². The number of carbonyl (C=O) groups excluding carboxylic acids is 2. The normalized spacial score (nSPS) is 10.6. The molecule has 0 aliphatic rings. The van der Waals surface area contributed by atoms with Gasteiger partial charge in [0, 0.05) is 24.3 Å². The molecule has 0 aliphatic carbocycles. The topological polar surface area (TPSA) is 122 Å². The SMILES string of the molecule is CNCCNC(=O)c1ccc(Nc2oc(-c3c(F)cccc3F)nc2C(N)=O)cc1. The second-order valence-corrected chi connectivity index (χ2v) is 6.22. The Hall–Kier alpha value is -3.79. The Morgan fingerprint density at radius 2 is 1.73 bits per heavy atom. The number of oxazole rings is 1. The van der Waals surface area contributed by atoms with Crippen molar-refractivity contribution in [1.82, 2.24) is 15.6 Å². The van der Waals surface area contributed by atoms with E-state index < -0.39 is 29.0 Å². The van der Waals surface area contributed by atoms with Crippen molar-refractivity contribution in [2.24, 2.45) is 5.73 Å². The van der Waals surface area contributed by atoms with E-state index in [4.69, 9.17) is 10.2 Å². The van der Waals surface area contributed by atoms with Gasteiger partial charge in [0.25, 0.3) is 11.8 Å². The van der Waals surface area contributed by atoms with Gasteiger partial charge in [-0.15, -0.1) is 0 Å². The molecule has 8 nitrogen and oxygen atoms in total. The first-order valence-corrected chi connectivity index (χ1v) is 8.95. The largest absolute Gasteiger partial charge is 0.419 e. The molecule has 30 heavy (non-hydrogen) atoms. The Kier molecular flexibility index (Phi) is 6.38. The number of halogens is 2. The molecule has 1 heterocycles. The third kappa shape index (κ3) is 4.61. The molecule has 3 aromatic rings.